The molecule has 0 aliphatic carbocycles. The summed E-state index contributed by atoms with van der Waals surface area (Å²) in [6.45, 7) is 1.01. The lowest BCUT2D eigenvalue weighted by molar-refractivity contribution is 0.0706. The fourth-order valence-electron chi connectivity index (χ4n) is 3.27. The predicted octanol–water partition coefficient (Wildman–Crippen LogP) is 4.69. The second-order valence-electron chi connectivity index (χ2n) is 6.64. The third-order valence-electron chi connectivity index (χ3n) is 4.82. The Kier molecular flexibility index (Phi) is 5.09. The molecule has 1 fully saturated rings. The summed E-state index contributed by atoms with van der Waals surface area (Å²) in [5.41, 5.74) is 0.941. The lowest BCUT2D eigenvalue weighted by Gasteiger charge is -2.30. The Morgan fingerprint density at radius 2 is 1.71 bits per heavy atom. The summed E-state index contributed by atoms with van der Waals surface area (Å²) >= 11 is 5.99. The maximum Gasteiger partial charge on any atom is 0.255 e. The van der Waals surface area contributed by atoms with E-state index in [-0.39, 0.29) is 28.2 Å². The second kappa shape index (κ2) is 7.67. The van der Waals surface area contributed by atoms with Crippen LogP contribution < -0.4 is 0 Å². The van der Waals surface area contributed by atoms with Gasteiger partial charge in [0.15, 0.2) is 0 Å². The zero-order chi connectivity index (χ0) is 19.7. The van der Waals surface area contributed by atoms with Crippen LogP contribution in [0.15, 0.2) is 46.9 Å². The standard InChI is InChI=1S/C20H16ClF2N3O2/c21-17-11-15(23)5-6-16(17)20(27)26-9-7-13(8-10-26)19-25-24-18(28-19)12-1-3-14(22)4-2-12/h1-6,11,13H,7-10H2. The molecule has 5 nitrogen and oxygen atoms in total. The Morgan fingerprint density at radius 3 is 2.39 bits per heavy atom. The van der Waals surface area contributed by atoms with Crippen LogP contribution >= 0.6 is 11.6 Å². The molecule has 0 radical (unpaired) electrons. The van der Waals surface area contributed by atoms with Crippen LogP contribution in [0.25, 0.3) is 11.5 Å². The number of benzene rings is 2. The average molecular weight is 404 g/mol. The van der Waals surface area contributed by atoms with E-state index in [4.69, 9.17) is 16.0 Å². The first-order valence-electron chi connectivity index (χ1n) is 8.85. The quantitative estimate of drug-likeness (QED) is 0.636. The number of carbonyl (C=O) groups is 1. The van der Waals surface area contributed by atoms with Crippen molar-refractivity contribution in [3.05, 3.63) is 70.6 Å². The molecule has 0 unspecified atom stereocenters. The molecule has 2 heterocycles. The van der Waals surface area contributed by atoms with Crippen molar-refractivity contribution < 1.29 is 18.0 Å². The van der Waals surface area contributed by atoms with Crippen molar-refractivity contribution in [1.29, 1.82) is 0 Å². The molecule has 8 heteroatoms. The zero-order valence-electron chi connectivity index (χ0n) is 14.7. The van der Waals surface area contributed by atoms with E-state index in [1.54, 1.807) is 17.0 Å². The summed E-state index contributed by atoms with van der Waals surface area (Å²) in [6.07, 6.45) is 1.32. The van der Waals surface area contributed by atoms with Crippen molar-refractivity contribution in [2.75, 3.05) is 13.1 Å². The molecule has 0 spiro atoms. The minimum atomic E-state index is -0.478. The molecule has 144 valence electrons. The molecule has 1 aliphatic heterocycles. The normalized spacial score (nSPS) is 15.0. The monoisotopic (exact) mass is 403 g/mol. The van der Waals surface area contributed by atoms with Gasteiger partial charge in [-0.15, -0.1) is 10.2 Å². The first-order valence-corrected chi connectivity index (χ1v) is 9.23. The third kappa shape index (κ3) is 3.75. The van der Waals surface area contributed by atoms with Crippen molar-refractivity contribution in [2.24, 2.45) is 0 Å². The SMILES string of the molecule is O=C(c1ccc(F)cc1Cl)N1CCC(c2nnc(-c3ccc(F)cc3)o2)CC1. The number of carbonyl (C=O) groups excluding carboxylic acids is 1. The van der Waals surface area contributed by atoms with Crippen molar-refractivity contribution in [1.82, 2.24) is 15.1 Å². The lowest BCUT2D eigenvalue weighted by atomic mass is 9.96. The molecule has 0 bridgehead atoms. The number of nitrogens with zero attached hydrogens (tertiary/aromatic N) is 3. The number of likely N-dealkylation sites (tertiary alicyclic amines) is 1. The van der Waals surface area contributed by atoms with Crippen LogP contribution in [0.5, 0.6) is 0 Å². The summed E-state index contributed by atoms with van der Waals surface area (Å²) in [5, 5.41) is 8.26. The van der Waals surface area contributed by atoms with E-state index >= 15 is 0 Å². The minimum Gasteiger partial charge on any atom is -0.420 e. The lowest BCUT2D eigenvalue weighted by Crippen LogP contribution is -2.38. The highest BCUT2D eigenvalue weighted by atomic mass is 35.5. The Balaban J connectivity index is 1.41. The van der Waals surface area contributed by atoms with Crippen LogP contribution in [-0.2, 0) is 0 Å². The number of piperidine rings is 1. The molecule has 4 rings (SSSR count). The molecule has 1 aliphatic rings. The molecule has 0 saturated carbocycles. The topological polar surface area (TPSA) is 59.2 Å². The summed E-state index contributed by atoms with van der Waals surface area (Å²) in [6, 6.07) is 9.60. The van der Waals surface area contributed by atoms with Crippen molar-refractivity contribution >= 4 is 17.5 Å². The van der Waals surface area contributed by atoms with E-state index in [0.29, 0.717) is 43.3 Å². The summed E-state index contributed by atoms with van der Waals surface area (Å²) in [5.74, 6) is -0.149. The minimum absolute atomic E-state index is 0.0365. The van der Waals surface area contributed by atoms with E-state index in [9.17, 15) is 13.6 Å². The smallest absolute Gasteiger partial charge is 0.255 e. The Bertz CT molecular complexity index is 999. The third-order valence-corrected chi connectivity index (χ3v) is 5.14. The van der Waals surface area contributed by atoms with E-state index in [1.807, 2.05) is 0 Å². The van der Waals surface area contributed by atoms with Crippen LogP contribution in [0.1, 0.15) is 35.0 Å². The van der Waals surface area contributed by atoms with Gasteiger partial charge < -0.3 is 9.32 Å². The second-order valence-corrected chi connectivity index (χ2v) is 7.05. The summed E-state index contributed by atoms with van der Waals surface area (Å²) in [4.78, 5) is 14.3. The van der Waals surface area contributed by atoms with Crippen LogP contribution in [0.4, 0.5) is 8.78 Å². The maximum atomic E-state index is 13.2. The van der Waals surface area contributed by atoms with Crippen LogP contribution in [0, 0.1) is 11.6 Å². The van der Waals surface area contributed by atoms with Crippen molar-refractivity contribution in [3.8, 4) is 11.5 Å². The maximum absolute atomic E-state index is 13.2. The molecular weight excluding hydrogens is 388 g/mol. The van der Waals surface area contributed by atoms with Gasteiger partial charge in [-0.25, -0.2) is 8.78 Å². The number of aromatic nitrogens is 2. The van der Waals surface area contributed by atoms with Gasteiger partial charge >= 0.3 is 0 Å². The summed E-state index contributed by atoms with van der Waals surface area (Å²) < 4.78 is 32.0. The molecule has 0 N–H and O–H groups in total. The van der Waals surface area contributed by atoms with Gasteiger partial charge in [-0.2, -0.15) is 0 Å². The number of amides is 1. The first kappa shape index (κ1) is 18.6. The summed E-state index contributed by atoms with van der Waals surface area (Å²) in [7, 11) is 0. The van der Waals surface area contributed by atoms with Gasteiger partial charge in [0.2, 0.25) is 11.8 Å². The molecule has 1 amide bonds. The Labute approximate surface area is 164 Å². The van der Waals surface area contributed by atoms with Crippen molar-refractivity contribution in [2.45, 2.75) is 18.8 Å². The molecule has 3 aromatic rings. The van der Waals surface area contributed by atoms with Crippen LogP contribution in [0.3, 0.4) is 0 Å². The number of halogens is 3. The van der Waals surface area contributed by atoms with Gasteiger partial charge in [-0.1, -0.05) is 11.6 Å². The number of rotatable bonds is 3. The van der Waals surface area contributed by atoms with E-state index in [2.05, 4.69) is 10.2 Å². The first-order chi connectivity index (χ1) is 13.5. The highest BCUT2D eigenvalue weighted by Crippen LogP contribution is 2.30. The van der Waals surface area contributed by atoms with Gasteiger partial charge in [-0.3, -0.25) is 4.79 Å². The highest BCUT2D eigenvalue weighted by Gasteiger charge is 2.28. The Morgan fingerprint density at radius 1 is 1.04 bits per heavy atom. The van der Waals surface area contributed by atoms with Crippen LogP contribution in [0.2, 0.25) is 5.02 Å². The molecular formula is C20H16ClF2N3O2. The van der Waals surface area contributed by atoms with E-state index in [0.717, 1.165) is 6.07 Å². The number of hydrogen-bond acceptors (Lipinski definition) is 4. The van der Waals surface area contributed by atoms with Gasteiger partial charge in [0.1, 0.15) is 11.6 Å². The highest BCUT2D eigenvalue weighted by molar-refractivity contribution is 6.33. The molecule has 0 atom stereocenters. The van der Waals surface area contributed by atoms with E-state index < -0.39 is 5.82 Å². The number of hydrogen-bond donors (Lipinski definition) is 0. The predicted molar refractivity (Wildman–Crippen MR) is 99.0 cm³/mol. The molecule has 1 saturated heterocycles. The van der Waals surface area contributed by atoms with Gasteiger partial charge in [-0.05, 0) is 55.3 Å². The van der Waals surface area contributed by atoms with Crippen molar-refractivity contribution in [3.63, 3.8) is 0 Å². The average Bonchev–Trinajstić information content (AvgIpc) is 3.18. The molecule has 1 aromatic heterocycles. The van der Waals surface area contributed by atoms with Crippen LogP contribution in [-0.4, -0.2) is 34.1 Å². The Hall–Kier alpha value is -2.80. The fraction of sp³-hybridized carbons (Fsp3) is 0.250. The zero-order valence-corrected chi connectivity index (χ0v) is 15.5. The molecule has 28 heavy (non-hydrogen) atoms. The largest absolute Gasteiger partial charge is 0.420 e. The van der Waals surface area contributed by atoms with Gasteiger partial charge in [0.25, 0.3) is 5.91 Å². The van der Waals surface area contributed by atoms with Gasteiger partial charge in [0, 0.05) is 24.6 Å². The fourth-order valence-corrected chi connectivity index (χ4v) is 3.52. The van der Waals surface area contributed by atoms with E-state index in [1.165, 1.54) is 24.3 Å². The molecule has 2 aromatic carbocycles. The van der Waals surface area contributed by atoms with Gasteiger partial charge in [0.05, 0.1) is 10.6 Å².